The van der Waals surface area contributed by atoms with Crippen molar-refractivity contribution in [1.82, 2.24) is 5.32 Å². The summed E-state index contributed by atoms with van der Waals surface area (Å²) in [5, 5.41) is 5.32. The minimum absolute atomic E-state index is 0.158. The highest BCUT2D eigenvalue weighted by Crippen LogP contribution is 2.39. The first-order valence-electron chi connectivity index (χ1n) is 9.28. The number of anilines is 1. The molecule has 0 unspecified atom stereocenters. The molecule has 0 spiro atoms. The molecule has 0 fully saturated rings. The Morgan fingerprint density at radius 2 is 1.43 bits per heavy atom. The van der Waals surface area contributed by atoms with Gasteiger partial charge in [-0.15, -0.1) is 0 Å². The van der Waals surface area contributed by atoms with Gasteiger partial charge in [0.05, 0.1) is 26.4 Å². The van der Waals surface area contributed by atoms with Gasteiger partial charge in [-0.25, -0.2) is 0 Å². The van der Waals surface area contributed by atoms with E-state index >= 15 is 0 Å². The minimum Gasteiger partial charge on any atom is -0.490 e. The summed E-state index contributed by atoms with van der Waals surface area (Å²) in [6.45, 7) is 6.65. The summed E-state index contributed by atoms with van der Waals surface area (Å²) in [6.07, 6.45) is 0. The van der Waals surface area contributed by atoms with Crippen molar-refractivity contribution in [2.45, 2.75) is 20.8 Å². The predicted octanol–water partition coefficient (Wildman–Crippen LogP) is 3.25. The van der Waals surface area contributed by atoms with Gasteiger partial charge in [-0.1, -0.05) is 18.2 Å². The fraction of sp³-hybridized carbons (Fsp3) is 0.333. The first-order valence-corrected chi connectivity index (χ1v) is 9.28. The highest BCUT2D eigenvalue weighted by atomic mass is 16.5. The van der Waals surface area contributed by atoms with Gasteiger partial charge >= 0.3 is 0 Å². The molecule has 0 aromatic heterocycles. The van der Waals surface area contributed by atoms with Crippen LogP contribution in [0, 0.1) is 0 Å². The summed E-state index contributed by atoms with van der Waals surface area (Å²) in [6, 6.07) is 12.2. The van der Waals surface area contributed by atoms with Gasteiger partial charge in [-0.2, -0.15) is 0 Å². The van der Waals surface area contributed by atoms with Gasteiger partial charge in [0.2, 0.25) is 11.7 Å². The number of nitrogens with one attached hydrogen (secondary N) is 2. The number of carbonyl (C=O) groups excluding carboxylic acids is 2. The summed E-state index contributed by atoms with van der Waals surface area (Å²) in [5.41, 5.74) is 0.989. The van der Waals surface area contributed by atoms with Crippen molar-refractivity contribution in [3.63, 3.8) is 0 Å². The van der Waals surface area contributed by atoms with Crippen LogP contribution in [-0.2, 0) is 4.79 Å². The lowest BCUT2D eigenvalue weighted by Crippen LogP contribution is -2.32. The number of hydrogen-bond donors (Lipinski definition) is 2. The Morgan fingerprint density at radius 3 is 1.96 bits per heavy atom. The second kappa shape index (κ2) is 10.8. The van der Waals surface area contributed by atoms with Crippen LogP contribution in [0.1, 0.15) is 31.1 Å². The third-order valence-corrected chi connectivity index (χ3v) is 3.64. The van der Waals surface area contributed by atoms with E-state index in [1.54, 1.807) is 24.3 Å². The van der Waals surface area contributed by atoms with Crippen LogP contribution in [0.2, 0.25) is 0 Å². The van der Waals surface area contributed by atoms with Crippen LogP contribution in [0.25, 0.3) is 0 Å². The Balaban J connectivity index is 2.11. The number of carbonyl (C=O) groups is 2. The van der Waals surface area contributed by atoms with Crippen molar-refractivity contribution in [2.75, 3.05) is 31.7 Å². The molecule has 0 heterocycles. The highest BCUT2D eigenvalue weighted by molar-refractivity contribution is 6.00. The van der Waals surface area contributed by atoms with E-state index in [1.807, 2.05) is 39.0 Å². The van der Waals surface area contributed by atoms with E-state index in [9.17, 15) is 9.59 Å². The molecule has 150 valence electrons. The predicted molar refractivity (Wildman–Crippen MR) is 107 cm³/mol. The van der Waals surface area contributed by atoms with Crippen molar-refractivity contribution >= 4 is 17.5 Å². The third-order valence-electron chi connectivity index (χ3n) is 3.64. The topological polar surface area (TPSA) is 85.9 Å². The fourth-order valence-corrected chi connectivity index (χ4v) is 2.51. The van der Waals surface area contributed by atoms with Gasteiger partial charge in [-0.3, -0.25) is 9.59 Å². The van der Waals surface area contributed by atoms with E-state index in [0.717, 1.165) is 0 Å². The van der Waals surface area contributed by atoms with Crippen molar-refractivity contribution in [1.29, 1.82) is 0 Å². The lowest BCUT2D eigenvalue weighted by molar-refractivity contribution is -0.115. The maximum atomic E-state index is 12.5. The third kappa shape index (κ3) is 5.90. The van der Waals surface area contributed by atoms with Gasteiger partial charge in [0, 0.05) is 11.3 Å². The monoisotopic (exact) mass is 386 g/mol. The lowest BCUT2D eigenvalue weighted by Gasteiger charge is -2.17. The molecule has 0 bridgehead atoms. The lowest BCUT2D eigenvalue weighted by atomic mass is 10.1. The van der Waals surface area contributed by atoms with Gasteiger partial charge < -0.3 is 24.8 Å². The zero-order valence-corrected chi connectivity index (χ0v) is 16.4. The zero-order valence-electron chi connectivity index (χ0n) is 16.4. The molecule has 2 aromatic carbocycles. The van der Waals surface area contributed by atoms with Gasteiger partial charge in [0.1, 0.15) is 0 Å². The molecule has 0 aliphatic rings. The van der Waals surface area contributed by atoms with Gasteiger partial charge in [0.25, 0.3) is 5.91 Å². The van der Waals surface area contributed by atoms with E-state index in [1.165, 1.54) is 0 Å². The van der Waals surface area contributed by atoms with Crippen LogP contribution in [0.3, 0.4) is 0 Å². The number of amides is 2. The summed E-state index contributed by atoms with van der Waals surface area (Å²) in [7, 11) is 0. The SMILES string of the molecule is CCOc1cc(C(=O)NCC(=O)Nc2ccccc2)cc(OCC)c1OCC. The largest absolute Gasteiger partial charge is 0.490 e. The number of rotatable bonds is 10. The maximum absolute atomic E-state index is 12.5. The average Bonchev–Trinajstić information content (AvgIpc) is 2.69. The van der Waals surface area contributed by atoms with Gasteiger partial charge in [0.15, 0.2) is 11.5 Å². The second-order valence-corrected chi connectivity index (χ2v) is 5.70. The van der Waals surface area contributed by atoms with Crippen molar-refractivity contribution in [3.8, 4) is 17.2 Å². The number of benzene rings is 2. The smallest absolute Gasteiger partial charge is 0.251 e. The van der Waals surface area contributed by atoms with E-state index in [2.05, 4.69) is 10.6 Å². The molecule has 0 atom stereocenters. The van der Waals surface area contributed by atoms with Crippen molar-refractivity contribution < 1.29 is 23.8 Å². The zero-order chi connectivity index (χ0) is 20.4. The normalized spacial score (nSPS) is 10.1. The van der Waals surface area contributed by atoms with Crippen LogP contribution >= 0.6 is 0 Å². The molecule has 2 rings (SSSR count). The van der Waals surface area contributed by atoms with Crippen molar-refractivity contribution in [3.05, 3.63) is 48.0 Å². The molecule has 0 saturated carbocycles. The maximum Gasteiger partial charge on any atom is 0.251 e. The molecule has 0 saturated heterocycles. The molecule has 28 heavy (non-hydrogen) atoms. The fourth-order valence-electron chi connectivity index (χ4n) is 2.51. The van der Waals surface area contributed by atoms with Crippen LogP contribution in [0.5, 0.6) is 17.2 Å². The van der Waals surface area contributed by atoms with E-state index in [0.29, 0.717) is 48.3 Å². The number of para-hydroxylation sites is 1. The Labute approximate surface area is 165 Å². The molecular formula is C21H26N2O5. The summed E-state index contributed by atoms with van der Waals surface area (Å²) in [4.78, 5) is 24.6. The molecule has 0 aliphatic heterocycles. The van der Waals surface area contributed by atoms with Crippen LogP contribution in [0.4, 0.5) is 5.69 Å². The average molecular weight is 386 g/mol. The Morgan fingerprint density at radius 1 is 0.857 bits per heavy atom. The first-order chi connectivity index (χ1) is 13.6. The molecule has 2 aromatic rings. The molecule has 2 amide bonds. The number of ether oxygens (including phenoxy) is 3. The molecule has 7 heteroatoms. The molecular weight excluding hydrogens is 360 g/mol. The quantitative estimate of drug-likeness (QED) is 0.655. The Kier molecular flexibility index (Phi) is 8.14. The summed E-state index contributed by atoms with van der Waals surface area (Å²) >= 11 is 0. The number of hydrogen-bond acceptors (Lipinski definition) is 5. The van der Waals surface area contributed by atoms with Crippen LogP contribution in [0.15, 0.2) is 42.5 Å². The molecule has 0 aliphatic carbocycles. The Bertz CT molecular complexity index is 766. The molecule has 2 N–H and O–H groups in total. The summed E-state index contributed by atoms with van der Waals surface area (Å²) in [5.74, 6) is 0.585. The van der Waals surface area contributed by atoms with Crippen molar-refractivity contribution in [2.24, 2.45) is 0 Å². The van der Waals surface area contributed by atoms with Gasteiger partial charge in [-0.05, 0) is 45.0 Å². The standard InChI is InChI=1S/C21H26N2O5/c1-4-26-17-12-15(13-18(27-5-2)20(17)28-6-3)21(25)22-14-19(24)23-16-10-8-7-9-11-16/h7-13H,4-6,14H2,1-3H3,(H,22,25)(H,23,24). The van der Waals surface area contributed by atoms with Crippen LogP contribution in [-0.4, -0.2) is 38.2 Å². The first kappa shape index (κ1) is 21.1. The molecule has 0 radical (unpaired) electrons. The highest BCUT2D eigenvalue weighted by Gasteiger charge is 2.18. The molecule has 7 nitrogen and oxygen atoms in total. The van der Waals surface area contributed by atoms with E-state index in [-0.39, 0.29) is 12.5 Å². The summed E-state index contributed by atoms with van der Waals surface area (Å²) < 4.78 is 16.8. The van der Waals surface area contributed by atoms with Crippen LogP contribution < -0.4 is 24.8 Å². The minimum atomic E-state index is -0.409. The second-order valence-electron chi connectivity index (χ2n) is 5.70. The van der Waals surface area contributed by atoms with E-state index < -0.39 is 5.91 Å². The van der Waals surface area contributed by atoms with E-state index in [4.69, 9.17) is 14.2 Å². The Hall–Kier alpha value is -3.22.